The minimum absolute atomic E-state index is 0.00999. The number of amides is 2. The van der Waals surface area contributed by atoms with Crippen LogP contribution in [0.1, 0.15) is 13.8 Å². The van der Waals surface area contributed by atoms with Crippen LogP contribution >= 0.6 is 11.8 Å². The number of carbonyl (C=O) groups is 2. The van der Waals surface area contributed by atoms with Gasteiger partial charge in [-0.2, -0.15) is 0 Å². The summed E-state index contributed by atoms with van der Waals surface area (Å²) in [6, 6.07) is 7.52. The molecule has 1 unspecified atom stereocenters. The Kier molecular flexibility index (Phi) is 3.91. The molecule has 0 aliphatic carbocycles. The van der Waals surface area contributed by atoms with Gasteiger partial charge >= 0.3 is 0 Å². The number of hydrogen-bond acceptors (Lipinski definition) is 4. The third-order valence-corrected chi connectivity index (χ3v) is 4.73. The first-order valence-electron chi connectivity index (χ1n) is 7.13. The van der Waals surface area contributed by atoms with E-state index in [0.717, 1.165) is 23.0 Å². The fraction of sp³-hybridized carbons (Fsp3) is 0.467. The summed E-state index contributed by atoms with van der Waals surface area (Å²) in [6.07, 6.45) is 0. The summed E-state index contributed by atoms with van der Waals surface area (Å²) in [6.45, 7) is 4.10. The van der Waals surface area contributed by atoms with Gasteiger partial charge in [0.15, 0.2) is 0 Å². The van der Waals surface area contributed by atoms with Gasteiger partial charge in [0.1, 0.15) is 6.54 Å². The lowest BCUT2D eigenvalue weighted by atomic mass is 10.1. The zero-order chi connectivity index (χ0) is 15.0. The van der Waals surface area contributed by atoms with E-state index in [1.165, 1.54) is 0 Å². The second-order valence-corrected chi connectivity index (χ2v) is 6.57. The number of para-hydroxylation sites is 2. The van der Waals surface area contributed by atoms with Crippen molar-refractivity contribution in [2.75, 3.05) is 28.0 Å². The summed E-state index contributed by atoms with van der Waals surface area (Å²) in [4.78, 5) is 28.5. The maximum absolute atomic E-state index is 12.7. The van der Waals surface area contributed by atoms with Gasteiger partial charge in [-0.15, -0.1) is 11.8 Å². The molecule has 5 nitrogen and oxygen atoms in total. The van der Waals surface area contributed by atoms with Gasteiger partial charge in [0, 0.05) is 17.7 Å². The average Bonchev–Trinajstić information content (AvgIpc) is 2.99. The van der Waals surface area contributed by atoms with Gasteiger partial charge < -0.3 is 4.90 Å². The molecular formula is C15H19N3O2S. The molecule has 2 aliphatic rings. The van der Waals surface area contributed by atoms with Crippen molar-refractivity contribution in [2.45, 2.75) is 25.9 Å². The van der Waals surface area contributed by atoms with Crippen LogP contribution in [0, 0.1) is 0 Å². The molecule has 0 radical (unpaired) electrons. The summed E-state index contributed by atoms with van der Waals surface area (Å²) in [5.41, 5.74) is 1.65. The average molecular weight is 305 g/mol. The first-order chi connectivity index (χ1) is 10.1. The number of carbonyl (C=O) groups excluding carboxylic acids is 2. The molecule has 112 valence electrons. The highest BCUT2D eigenvalue weighted by Gasteiger charge is 2.36. The first kappa shape index (κ1) is 14.4. The van der Waals surface area contributed by atoms with Crippen molar-refractivity contribution in [3.63, 3.8) is 0 Å². The molecule has 6 heteroatoms. The summed E-state index contributed by atoms with van der Waals surface area (Å²) in [5.74, 6) is 1.52. The van der Waals surface area contributed by atoms with Crippen LogP contribution < -0.4 is 15.1 Å². The third kappa shape index (κ3) is 2.53. The SMILES string of the molecule is CC(C)N1C(=O)CN(C(=O)C2CSCN2)c2ccccc21. The van der Waals surface area contributed by atoms with Crippen molar-refractivity contribution in [2.24, 2.45) is 0 Å². The summed E-state index contributed by atoms with van der Waals surface area (Å²) in [7, 11) is 0. The highest BCUT2D eigenvalue weighted by molar-refractivity contribution is 7.99. The van der Waals surface area contributed by atoms with E-state index >= 15 is 0 Å². The van der Waals surface area contributed by atoms with Gasteiger partial charge in [0.2, 0.25) is 11.8 Å². The van der Waals surface area contributed by atoms with E-state index in [4.69, 9.17) is 0 Å². The van der Waals surface area contributed by atoms with Crippen molar-refractivity contribution in [3.8, 4) is 0 Å². The minimum atomic E-state index is -0.193. The molecule has 21 heavy (non-hydrogen) atoms. The van der Waals surface area contributed by atoms with Crippen LogP contribution in [-0.4, -0.2) is 42.1 Å². The highest BCUT2D eigenvalue weighted by atomic mass is 32.2. The van der Waals surface area contributed by atoms with Crippen molar-refractivity contribution >= 4 is 35.0 Å². The predicted octanol–water partition coefficient (Wildman–Crippen LogP) is 1.44. The molecule has 2 aliphatic heterocycles. The first-order valence-corrected chi connectivity index (χ1v) is 8.28. The number of rotatable bonds is 2. The number of benzene rings is 1. The lowest BCUT2D eigenvalue weighted by Crippen LogP contribution is -2.54. The zero-order valence-corrected chi connectivity index (χ0v) is 13.0. The smallest absolute Gasteiger partial charge is 0.247 e. The molecular weight excluding hydrogens is 286 g/mol. The Hall–Kier alpha value is -1.53. The summed E-state index contributed by atoms with van der Waals surface area (Å²) >= 11 is 1.71. The number of nitrogens with one attached hydrogen (secondary N) is 1. The molecule has 2 amide bonds. The Labute approximate surface area is 128 Å². The van der Waals surface area contributed by atoms with Crippen LogP contribution in [0.3, 0.4) is 0 Å². The quantitative estimate of drug-likeness (QED) is 0.898. The number of hydrogen-bond donors (Lipinski definition) is 1. The van der Waals surface area contributed by atoms with E-state index in [1.54, 1.807) is 21.6 Å². The van der Waals surface area contributed by atoms with Crippen LogP contribution in [0.4, 0.5) is 11.4 Å². The largest absolute Gasteiger partial charge is 0.306 e. The Bertz CT molecular complexity index is 570. The summed E-state index contributed by atoms with van der Waals surface area (Å²) < 4.78 is 0. The molecule has 1 N–H and O–H groups in total. The van der Waals surface area contributed by atoms with Crippen LogP contribution in [-0.2, 0) is 9.59 Å². The van der Waals surface area contributed by atoms with E-state index in [9.17, 15) is 9.59 Å². The van der Waals surface area contributed by atoms with Gasteiger partial charge in [0.25, 0.3) is 0 Å². The molecule has 0 spiro atoms. The van der Waals surface area contributed by atoms with Crippen LogP contribution in [0.5, 0.6) is 0 Å². The van der Waals surface area contributed by atoms with E-state index in [-0.39, 0.29) is 30.4 Å². The Morgan fingerprint density at radius 1 is 1.33 bits per heavy atom. The topological polar surface area (TPSA) is 52.7 Å². The molecule has 0 aromatic heterocycles. The minimum Gasteiger partial charge on any atom is -0.306 e. The van der Waals surface area contributed by atoms with Crippen molar-refractivity contribution in [1.29, 1.82) is 0 Å². The molecule has 2 heterocycles. The monoisotopic (exact) mass is 305 g/mol. The van der Waals surface area contributed by atoms with Crippen LogP contribution in [0.25, 0.3) is 0 Å². The normalized spacial score (nSPS) is 21.9. The molecule has 0 bridgehead atoms. The standard InChI is InChI=1S/C15H19N3O2S/c1-10(2)18-13-6-4-3-5-12(13)17(7-14(18)19)15(20)11-8-21-9-16-11/h3-6,10-11,16H,7-9H2,1-2H3. The van der Waals surface area contributed by atoms with Gasteiger partial charge in [-0.3, -0.25) is 19.8 Å². The Morgan fingerprint density at radius 2 is 2.05 bits per heavy atom. The van der Waals surface area contributed by atoms with Crippen molar-refractivity contribution < 1.29 is 9.59 Å². The Morgan fingerprint density at radius 3 is 2.67 bits per heavy atom. The van der Waals surface area contributed by atoms with Gasteiger partial charge in [-0.25, -0.2) is 0 Å². The van der Waals surface area contributed by atoms with Crippen LogP contribution in [0.2, 0.25) is 0 Å². The molecule has 1 saturated heterocycles. The van der Waals surface area contributed by atoms with Crippen molar-refractivity contribution in [1.82, 2.24) is 5.32 Å². The predicted molar refractivity (Wildman–Crippen MR) is 85.7 cm³/mol. The van der Waals surface area contributed by atoms with Crippen molar-refractivity contribution in [3.05, 3.63) is 24.3 Å². The number of thioether (sulfide) groups is 1. The molecule has 0 saturated carbocycles. The van der Waals surface area contributed by atoms with Crippen LogP contribution in [0.15, 0.2) is 24.3 Å². The van der Waals surface area contributed by atoms with Gasteiger partial charge in [0.05, 0.1) is 17.4 Å². The summed E-state index contributed by atoms with van der Waals surface area (Å²) in [5, 5.41) is 3.18. The van der Waals surface area contributed by atoms with Gasteiger partial charge in [-0.1, -0.05) is 12.1 Å². The number of anilines is 2. The lowest BCUT2D eigenvalue weighted by Gasteiger charge is -2.38. The Balaban J connectivity index is 1.97. The molecule has 1 fully saturated rings. The second kappa shape index (κ2) is 5.69. The number of fused-ring (bicyclic) bond motifs is 1. The molecule has 1 atom stereocenters. The van der Waals surface area contributed by atoms with Gasteiger partial charge in [-0.05, 0) is 26.0 Å². The maximum atomic E-state index is 12.7. The molecule has 1 aromatic carbocycles. The van der Waals surface area contributed by atoms with E-state index < -0.39 is 0 Å². The zero-order valence-electron chi connectivity index (χ0n) is 12.2. The number of nitrogens with zero attached hydrogens (tertiary/aromatic N) is 2. The fourth-order valence-corrected chi connectivity index (χ4v) is 3.76. The maximum Gasteiger partial charge on any atom is 0.247 e. The second-order valence-electron chi connectivity index (χ2n) is 5.54. The van der Waals surface area contributed by atoms with E-state index in [0.29, 0.717) is 0 Å². The third-order valence-electron chi connectivity index (χ3n) is 3.79. The fourth-order valence-electron chi connectivity index (χ4n) is 2.83. The highest BCUT2D eigenvalue weighted by Crippen LogP contribution is 2.35. The van der Waals surface area contributed by atoms with E-state index in [1.807, 2.05) is 38.1 Å². The molecule has 1 aromatic rings. The lowest BCUT2D eigenvalue weighted by molar-refractivity contribution is -0.123. The van der Waals surface area contributed by atoms with E-state index in [2.05, 4.69) is 5.32 Å². The molecule has 3 rings (SSSR count).